The van der Waals surface area contributed by atoms with Crippen molar-refractivity contribution in [2.75, 3.05) is 0 Å². The van der Waals surface area contributed by atoms with E-state index in [2.05, 4.69) is 6.58 Å². The molecule has 1 aromatic rings. The van der Waals surface area contributed by atoms with Crippen LogP contribution >= 0.6 is 0 Å². The number of rotatable bonds is 4. The second kappa shape index (κ2) is 5.85. The predicted octanol–water partition coefficient (Wildman–Crippen LogP) is 4.28. The Kier molecular flexibility index (Phi) is 4.71. The molecule has 0 radical (unpaired) electrons. The molecule has 0 N–H and O–H groups in total. The summed E-state index contributed by atoms with van der Waals surface area (Å²) in [5.74, 6) is -0.183. The van der Waals surface area contributed by atoms with Gasteiger partial charge in [0, 0.05) is 6.42 Å². The van der Waals surface area contributed by atoms with Gasteiger partial charge >= 0.3 is 5.97 Å². The zero-order valence-corrected chi connectivity index (χ0v) is 11.7. The minimum atomic E-state index is -0.484. The number of hydrogen-bond donors (Lipinski definition) is 0. The summed E-state index contributed by atoms with van der Waals surface area (Å²) in [5.41, 5.74) is 1.53. The fourth-order valence-corrected chi connectivity index (χ4v) is 1.52. The minimum absolute atomic E-state index is 0.183. The van der Waals surface area contributed by atoms with Crippen LogP contribution in [0, 0.1) is 5.41 Å². The molecule has 0 heterocycles. The molecule has 0 amide bonds. The van der Waals surface area contributed by atoms with Gasteiger partial charge in [-0.05, 0) is 33.3 Å². The first-order chi connectivity index (χ1) is 8.30. The van der Waals surface area contributed by atoms with Gasteiger partial charge in [-0.1, -0.05) is 42.5 Å². The number of benzene rings is 1. The third-order valence-corrected chi connectivity index (χ3v) is 2.57. The highest BCUT2D eigenvalue weighted by atomic mass is 16.5. The Balaban J connectivity index is 2.87. The Morgan fingerprint density at radius 3 is 2.28 bits per heavy atom. The molecule has 0 aliphatic rings. The van der Waals surface area contributed by atoms with Crippen LogP contribution in [0.2, 0.25) is 0 Å². The van der Waals surface area contributed by atoms with E-state index in [-0.39, 0.29) is 12.1 Å². The van der Waals surface area contributed by atoms with Gasteiger partial charge in [-0.15, -0.1) is 0 Å². The van der Waals surface area contributed by atoms with Crippen LogP contribution in [0.3, 0.4) is 0 Å². The van der Waals surface area contributed by atoms with Crippen molar-refractivity contribution >= 4 is 5.97 Å². The van der Waals surface area contributed by atoms with E-state index in [0.717, 1.165) is 11.1 Å². The number of esters is 1. The molecule has 1 atom stereocenters. The number of ether oxygens (including phenoxy) is 1. The van der Waals surface area contributed by atoms with Gasteiger partial charge in [0.2, 0.25) is 0 Å². The van der Waals surface area contributed by atoms with Crippen molar-refractivity contribution in [1.82, 2.24) is 0 Å². The first-order valence-corrected chi connectivity index (χ1v) is 6.21. The van der Waals surface area contributed by atoms with Gasteiger partial charge in [0.15, 0.2) is 0 Å². The minimum Gasteiger partial charge on any atom is -0.457 e. The van der Waals surface area contributed by atoms with Crippen molar-refractivity contribution in [3.63, 3.8) is 0 Å². The SMILES string of the molecule is C=C(C)CC(OC(=O)C(C)(C)C)c1ccccc1. The summed E-state index contributed by atoms with van der Waals surface area (Å²) in [6.07, 6.45) is 0.418. The lowest BCUT2D eigenvalue weighted by atomic mass is 9.96. The number of carbonyl (C=O) groups excluding carboxylic acids is 1. The molecule has 2 nitrogen and oxygen atoms in total. The van der Waals surface area contributed by atoms with Crippen LogP contribution in [0.1, 0.15) is 45.8 Å². The fraction of sp³-hybridized carbons (Fsp3) is 0.438. The van der Waals surface area contributed by atoms with Crippen molar-refractivity contribution in [3.05, 3.63) is 48.0 Å². The molecule has 0 fully saturated rings. The lowest BCUT2D eigenvalue weighted by Gasteiger charge is -2.23. The van der Waals surface area contributed by atoms with Gasteiger partial charge in [-0.2, -0.15) is 0 Å². The van der Waals surface area contributed by atoms with Crippen molar-refractivity contribution in [3.8, 4) is 0 Å². The maximum Gasteiger partial charge on any atom is 0.311 e. The number of hydrogen-bond acceptors (Lipinski definition) is 2. The van der Waals surface area contributed by atoms with Gasteiger partial charge in [0.1, 0.15) is 6.10 Å². The second-order valence-corrected chi connectivity index (χ2v) is 5.72. The van der Waals surface area contributed by atoms with Gasteiger partial charge in [-0.3, -0.25) is 4.79 Å². The zero-order chi connectivity index (χ0) is 13.8. The molecular weight excluding hydrogens is 224 g/mol. The van der Waals surface area contributed by atoms with Crippen molar-refractivity contribution < 1.29 is 9.53 Å². The molecule has 1 unspecified atom stereocenters. The normalized spacial score (nSPS) is 12.9. The molecule has 2 heteroatoms. The second-order valence-electron chi connectivity index (χ2n) is 5.72. The van der Waals surface area contributed by atoms with Crippen LogP contribution in [-0.4, -0.2) is 5.97 Å². The first kappa shape index (κ1) is 14.5. The van der Waals surface area contributed by atoms with E-state index < -0.39 is 5.41 Å². The van der Waals surface area contributed by atoms with Crippen LogP contribution in [-0.2, 0) is 9.53 Å². The maximum atomic E-state index is 12.0. The fourth-order valence-electron chi connectivity index (χ4n) is 1.52. The van der Waals surface area contributed by atoms with Gasteiger partial charge in [-0.25, -0.2) is 0 Å². The molecule has 0 aromatic heterocycles. The summed E-state index contributed by atoms with van der Waals surface area (Å²) >= 11 is 0. The van der Waals surface area contributed by atoms with E-state index in [1.54, 1.807) is 0 Å². The zero-order valence-electron chi connectivity index (χ0n) is 11.7. The summed E-state index contributed by atoms with van der Waals surface area (Å²) < 4.78 is 5.61. The largest absolute Gasteiger partial charge is 0.457 e. The van der Waals surface area contributed by atoms with Crippen LogP contribution in [0.4, 0.5) is 0 Å². The molecule has 0 aliphatic heterocycles. The van der Waals surface area contributed by atoms with Gasteiger partial charge in [0.05, 0.1) is 5.41 Å². The molecule has 0 saturated carbocycles. The summed E-state index contributed by atoms with van der Waals surface area (Å²) in [7, 11) is 0. The van der Waals surface area contributed by atoms with Crippen molar-refractivity contribution in [1.29, 1.82) is 0 Å². The van der Waals surface area contributed by atoms with E-state index in [1.165, 1.54) is 0 Å². The summed E-state index contributed by atoms with van der Waals surface area (Å²) in [6, 6.07) is 9.80. The molecule has 1 aromatic carbocycles. The van der Waals surface area contributed by atoms with E-state index in [4.69, 9.17) is 4.74 Å². The van der Waals surface area contributed by atoms with Crippen molar-refractivity contribution in [2.24, 2.45) is 5.41 Å². The summed E-state index contributed by atoms with van der Waals surface area (Å²) in [6.45, 7) is 11.4. The topological polar surface area (TPSA) is 26.3 Å². The predicted molar refractivity (Wildman–Crippen MR) is 74.2 cm³/mol. The maximum absolute atomic E-state index is 12.0. The smallest absolute Gasteiger partial charge is 0.311 e. The van der Waals surface area contributed by atoms with E-state index in [0.29, 0.717) is 6.42 Å². The van der Waals surface area contributed by atoms with E-state index >= 15 is 0 Å². The highest BCUT2D eigenvalue weighted by Crippen LogP contribution is 2.28. The Bertz CT molecular complexity index is 412. The molecule has 0 aliphatic carbocycles. The molecule has 0 bridgehead atoms. The standard InChI is InChI=1S/C16H22O2/c1-12(2)11-14(13-9-7-6-8-10-13)18-15(17)16(3,4)5/h6-10,14H,1,11H2,2-5H3. The quantitative estimate of drug-likeness (QED) is 0.585. The lowest BCUT2D eigenvalue weighted by molar-refractivity contribution is -0.159. The summed E-state index contributed by atoms with van der Waals surface area (Å²) in [4.78, 5) is 12.0. The average molecular weight is 246 g/mol. The first-order valence-electron chi connectivity index (χ1n) is 6.21. The van der Waals surface area contributed by atoms with Crippen LogP contribution < -0.4 is 0 Å². The molecule has 1 rings (SSSR count). The van der Waals surface area contributed by atoms with Gasteiger partial charge < -0.3 is 4.74 Å². The van der Waals surface area contributed by atoms with Crippen LogP contribution in [0.15, 0.2) is 42.5 Å². The Hall–Kier alpha value is -1.57. The lowest BCUT2D eigenvalue weighted by Crippen LogP contribution is -2.25. The van der Waals surface area contributed by atoms with Crippen LogP contribution in [0.5, 0.6) is 0 Å². The Morgan fingerprint density at radius 1 is 1.28 bits per heavy atom. The third-order valence-electron chi connectivity index (χ3n) is 2.57. The van der Waals surface area contributed by atoms with E-state index in [9.17, 15) is 4.79 Å². The highest BCUT2D eigenvalue weighted by molar-refractivity contribution is 5.75. The Morgan fingerprint density at radius 2 is 1.83 bits per heavy atom. The molecule has 0 spiro atoms. The van der Waals surface area contributed by atoms with Gasteiger partial charge in [0.25, 0.3) is 0 Å². The van der Waals surface area contributed by atoms with E-state index in [1.807, 2.05) is 58.0 Å². The molecule has 0 saturated heterocycles. The molecule has 98 valence electrons. The van der Waals surface area contributed by atoms with Crippen molar-refractivity contribution in [2.45, 2.75) is 40.2 Å². The Labute approximate surface area is 110 Å². The highest BCUT2D eigenvalue weighted by Gasteiger charge is 2.27. The summed E-state index contributed by atoms with van der Waals surface area (Å²) in [5, 5.41) is 0. The third kappa shape index (κ3) is 4.36. The molecule has 18 heavy (non-hydrogen) atoms. The van der Waals surface area contributed by atoms with Crippen LogP contribution in [0.25, 0.3) is 0 Å². The average Bonchev–Trinajstić information content (AvgIpc) is 2.27. The molecular formula is C16H22O2. The monoisotopic (exact) mass is 246 g/mol. The number of carbonyl (C=O) groups is 1.